The smallest absolute Gasteiger partial charge is 0.183 e. The molecule has 0 aromatic heterocycles. The van der Waals surface area contributed by atoms with Crippen LogP contribution < -0.4 is 14.8 Å². The number of ether oxygens (including phenoxy) is 2. The molecule has 2 aromatic rings. The van der Waals surface area contributed by atoms with Crippen LogP contribution in [0.15, 0.2) is 47.4 Å². The lowest BCUT2D eigenvalue weighted by Crippen LogP contribution is -2.43. The number of aryl methyl sites for hydroxylation is 1. The molecule has 0 amide bonds. The summed E-state index contributed by atoms with van der Waals surface area (Å²) in [7, 11) is -4.18. The van der Waals surface area contributed by atoms with E-state index in [1.54, 1.807) is 43.5 Å². The first-order valence-corrected chi connectivity index (χ1v) is 13.0. The molecule has 2 aromatic carbocycles. The third-order valence-corrected chi connectivity index (χ3v) is 9.54. The van der Waals surface area contributed by atoms with Crippen molar-refractivity contribution in [2.75, 3.05) is 25.7 Å². The fraction of sp³-hybridized carbons (Fsp3) is 0.429. The highest BCUT2D eigenvalue weighted by Crippen LogP contribution is 2.29. The maximum Gasteiger partial charge on any atom is 0.183 e. The molecular formula is C21H27NO6S2. The highest BCUT2D eigenvalue weighted by Gasteiger charge is 2.45. The first-order chi connectivity index (χ1) is 14.2. The molecule has 0 saturated carbocycles. The molecule has 0 spiro atoms. The van der Waals surface area contributed by atoms with Crippen molar-refractivity contribution in [2.45, 2.75) is 36.1 Å². The van der Waals surface area contributed by atoms with Crippen molar-refractivity contribution in [2.24, 2.45) is 0 Å². The second-order valence-corrected chi connectivity index (χ2v) is 11.7. The van der Waals surface area contributed by atoms with Gasteiger partial charge in [0.1, 0.15) is 0 Å². The highest BCUT2D eigenvalue weighted by atomic mass is 32.2. The molecule has 1 N–H and O–H groups in total. The van der Waals surface area contributed by atoms with Gasteiger partial charge >= 0.3 is 0 Å². The Balaban J connectivity index is 1.82. The van der Waals surface area contributed by atoms with Crippen LogP contribution in [-0.2, 0) is 32.6 Å². The quantitative estimate of drug-likeness (QED) is 0.653. The fourth-order valence-corrected chi connectivity index (χ4v) is 8.36. The molecule has 30 heavy (non-hydrogen) atoms. The number of methoxy groups -OCH3 is 2. The average molecular weight is 454 g/mol. The Morgan fingerprint density at radius 1 is 0.967 bits per heavy atom. The summed E-state index contributed by atoms with van der Waals surface area (Å²) in [5.41, 5.74) is 1.86. The number of sulfone groups is 2. The van der Waals surface area contributed by atoms with Crippen molar-refractivity contribution < 1.29 is 26.3 Å². The highest BCUT2D eigenvalue weighted by molar-refractivity contribution is 7.96. The molecule has 2 unspecified atom stereocenters. The molecule has 7 nitrogen and oxygen atoms in total. The normalized spacial score (nSPS) is 20.8. The zero-order valence-electron chi connectivity index (χ0n) is 17.3. The maximum absolute atomic E-state index is 13.2. The molecule has 2 atom stereocenters. The molecule has 3 rings (SSSR count). The van der Waals surface area contributed by atoms with Gasteiger partial charge in [0.25, 0.3) is 0 Å². The Hall–Kier alpha value is -2.10. The third kappa shape index (κ3) is 4.79. The summed E-state index contributed by atoms with van der Waals surface area (Å²) in [5, 5.41) is 2.10. The van der Waals surface area contributed by atoms with Gasteiger partial charge in [-0.15, -0.1) is 0 Å². The van der Waals surface area contributed by atoms with E-state index in [1.807, 2.05) is 13.0 Å². The first-order valence-electron chi connectivity index (χ1n) is 9.67. The number of rotatable bonds is 8. The van der Waals surface area contributed by atoms with E-state index in [2.05, 4.69) is 5.32 Å². The van der Waals surface area contributed by atoms with Crippen molar-refractivity contribution in [3.63, 3.8) is 0 Å². The van der Waals surface area contributed by atoms with Crippen molar-refractivity contribution in [3.05, 3.63) is 53.6 Å². The number of hydrogen-bond donors (Lipinski definition) is 1. The Bertz CT molecular complexity index is 1090. The molecule has 9 heteroatoms. The zero-order valence-corrected chi connectivity index (χ0v) is 18.9. The van der Waals surface area contributed by atoms with E-state index < -0.39 is 31.0 Å². The predicted molar refractivity (Wildman–Crippen MR) is 116 cm³/mol. The SMILES string of the molecule is CCc1ccc(S(=O)(=O)C2CS(=O)(=O)CC2NCc2ccc(OC)c(OC)c2)cc1. The maximum atomic E-state index is 13.2. The van der Waals surface area contributed by atoms with Crippen LogP contribution in [0.2, 0.25) is 0 Å². The van der Waals surface area contributed by atoms with Gasteiger partial charge in [0.2, 0.25) is 0 Å². The van der Waals surface area contributed by atoms with Gasteiger partial charge in [0, 0.05) is 12.6 Å². The predicted octanol–water partition coefficient (Wildman–Crippen LogP) is 2.00. The Labute approximate surface area is 178 Å². The topological polar surface area (TPSA) is 98.8 Å². The number of benzene rings is 2. The van der Waals surface area contributed by atoms with E-state index in [4.69, 9.17) is 9.47 Å². The van der Waals surface area contributed by atoms with Crippen LogP contribution in [0.3, 0.4) is 0 Å². The molecule has 1 aliphatic heterocycles. The molecule has 164 valence electrons. The lowest BCUT2D eigenvalue weighted by molar-refractivity contribution is 0.354. The van der Waals surface area contributed by atoms with Crippen LogP contribution >= 0.6 is 0 Å². The van der Waals surface area contributed by atoms with Crippen molar-refractivity contribution >= 4 is 19.7 Å². The third-order valence-electron chi connectivity index (χ3n) is 5.38. The van der Waals surface area contributed by atoms with Gasteiger partial charge in [-0.1, -0.05) is 25.1 Å². The number of nitrogens with one attached hydrogen (secondary N) is 1. The van der Waals surface area contributed by atoms with Crippen LogP contribution in [0, 0.1) is 0 Å². The van der Waals surface area contributed by atoms with E-state index >= 15 is 0 Å². The van der Waals surface area contributed by atoms with Gasteiger partial charge < -0.3 is 14.8 Å². The van der Waals surface area contributed by atoms with E-state index in [0.717, 1.165) is 17.5 Å². The molecule has 0 bridgehead atoms. The summed E-state index contributed by atoms with van der Waals surface area (Å²) in [6.45, 7) is 2.29. The standard InChI is InChI=1S/C21H27NO6S2/c1-4-15-5-8-17(9-6-15)30(25,26)21-14-29(23,24)13-18(21)22-12-16-7-10-19(27-2)20(11-16)28-3/h5-11,18,21-22H,4,12-14H2,1-3H3. The largest absolute Gasteiger partial charge is 0.493 e. The fourth-order valence-electron chi connectivity index (χ4n) is 3.64. The summed E-state index contributed by atoms with van der Waals surface area (Å²) in [6, 6.07) is 11.3. The molecule has 0 radical (unpaired) electrons. The monoisotopic (exact) mass is 453 g/mol. The average Bonchev–Trinajstić information content (AvgIpc) is 3.07. The minimum Gasteiger partial charge on any atom is -0.493 e. The van der Waals surface area contributed by atoms with Gasteiger partial charge in [-0.3, -0.25) is 0 Å². The van der Waals surface area contributed by atoms with E-state index in [9.17, 15) is 16.8 Å². The Kier molecular flexibility index (Phi) is 6.74. The summed E-state index contributed by atoms with van der Waals surface area (Å²) in [5.74, 6) is 0.544. The minimum absolute atomic E-state index is 0.153. The number of hydrogen-bond acceptors (Lipinski definition) is 7. The molecule has 1 saturated heterocycles. The molecular weight excluding hydrogens is 426 g/mol. The summed E-state index contributed by atoms with van der Waals surface area (Å²) >= 11 is 0. The second kappa shape index (κ2) is 8.95. The van der Waals surface area contributed by atoms with Crippen LogP contribution in [-0.4, -0.2) is 53.9 Å². The Morgan fingerprint density at radius 3 is 2.20 bits per heavy atom. The minimum atomic E-state index is -3.80. The molecule has 0 aliphatic carbocycles. The molecule has 1 fully saturated rings. The van der Waals surface area contributed by atoms with Crippen molar-refractivity contribution in [1.82, 2.24) is 5.32 Å². The van der Waals surface area contributed by atoms with Crippen LogP contribution in [0.4, 0.5) is 0 Å². The van der Waals surface area contributed by atoms with E-state index in [0.29, 0.717) is 18.0 Å². The zero-order chi connectivity index (χ0) is 21.9. The van der Waals surface area contributed by atoms with Crippen LogP contribution in [0.25, 0.3) is 0 Å². The van der Waals surface area contributed by atoms with E-state index in [1.165, 1.54) is 7.11 Å². The first kappa shape index (κ1) is 22.6. The second-order valence-electron chi connectivity index (χ2n) is 7.33. The van der Waals surface area contributed by atoms with Crippen molar-refractivity contribution in [1.29, 1.82) is 0 Å². The van der Waals surface area contributed by atoms with Gasteiger partial charge in [-0.05, 0) is 41.8 Å². The van der Waals surface area contributed by atoms with Gasteiger partial charge in [0.15, 0.2) is 31.2 Å². The van der Waals surface area contributed by atoms with Crippen molar-refractivity contribution in [3.8, 4) is 11.5 Å². The van der Waals surface area contributed by atoms with Gasteiger partial charge in [-0.2, -0.15) is 0 Å². The molecule has 1 aliphatic rings. The van der Waals surface area contributed by atoms with Gasteiger partial charge in [0.05, 0.1) is 35.9 Å². The lowest BCUT2D eigenvalue weighted by Gasteiger charge is -2.20. The summed E-state index contributed by atoms with van der Waals surface area (Å²) in [6.07, 6.45) is 0.799. The Morgan fingerprint density at radius 2 is 1.60 bits per heavy atom. The van der Waals surface area contributed by atoms with Crippen LogP contribution in [0.1, 0.15) is 18.1 Å². The van der Waals surface area contributed by atoms with Gasteiger partial charge in [-0.25, -0.2) is 16.8 Å². The molecule has 1 heterocycles. The van der Waals surface area contributed by atoms with E-state index in [-0.39, 0.29) is 16.4 Å². The summed E-state index contributed by atoms with van der Waals surface area (Å²) in [4.78, 5) is 0.153. The lowest BCUT2D eigenvalue weighted by atomic mass is 10.1. The van der Waals surface area contributed by atoms with Crippen LogP contribution in [0.5, 0.6) is 11.5 Å². The summed E-state index contributed by atoms with van der Waals surface area (Å²) < 4.78 is 61.5.